The van der Waals surface area contributed by atoms with Gasteiger partial charge in [0.25, 0.3) is 0 Å². The second-order valence-electron chi connectivity index (χ2n) is 5.81. The zero-order chi connectivity index (χ0) is 16.2. The summed E-state index contributed by atoms with van der Waals surface area (Å²) < 4.78 is 6.89. The quantitative estimate of drug-likeness (QED) is 0.745. The highest BCUT2D eigenvalue weighted by Gasteiger charge is 2.09. The Hall–Kier alpha value is -2.77. The van der Waals surface area contributed by atoms with Crippen LogP contribution in [0, 0.1) is 12.8 Å². The molecule has 8 heteroatoms. The molecule has 0 amide bonds. The van der Waals surface area contributed by atoms with Crippen LogP contribution in [0.4, 0.5) is 5.69 Å². The van der Waals surface area contributed by atoms with E-state index in [2.05, 4.69) is 44.8 Å². The first-order valence-electron chi connectivity index (χ1n) is 7.51. The molecule has 2 aromatic heterocycles. The van der Waals surface area contributed by atoms with Crippen LogP contribution >= 0.6 is 0 Å². The van der Waals surface area contributed by atoms with Gasteiger partial charge in [0.15, 0.2) is 5.82 Å². The van der Waals surface area contributed by atoms with Crippen LogP contribution in [-0.4, -0.2) is 30.3 Å². The van der Waals surface area contributed by atoms with Crippen LogP contribution in [0.2, 0.25) is 0 Å². The Kier molecular flexibility index (Phi) is 4.31. The van der Waals surface area contributed by atoms with Crippen molar-refractivity contribution in [1.82, 2.24) is 30.3 Å². The van der Waals surface area contributed by atoms with Crippen LogP contribution < -0.4 is 5.32 Å². The molecule has 0 atom stereocenters. The number of hydrogen-bond acceptors (Lipinski definition) is 7. The van der Waals surface area contributed by atoms with Crippen molar-refractivity contribution in [3.8, 4) is 5.69 Å². The van der Waals surface area contributed by atoms with Crippen molar-refractivity contribution >= 4 is 5.69 Å². The van der Waals surface area contributed by atoms with E-state index in [1.54, 1.807) is 11.0 Å². The van der Waals surface area contributed by atoms with Crippen LogP contribution in [0.15, 0.2) is 29.0 Å². The number of tetrazole rings is 1. The van der Waals surface area contributed by atoms with E-state index in [1.807, 2.05) is 25.1 Å². The fourth-order valence-electron chi connectivity index (χ4n) is 2.23. The molecule has 120 valence electrons. The Morgan fingerprint density at radius 3 is 2.91 bits per heavy atom. The molecule has 3 aromatic rings. The standard InChI is InChI=1S/C15H19N7O/c1-10(2)6-14-18-15(23-19-14)8-16-12-5-4-11(3)13(7-12)22-9-17-20-21-22/h4-5,7,9-10,16H,6,8H2,1-3H3. The molecule has 0 aliphatic rings. The van der Waals surface area contributed by atoms with Crippen molar-refractivity contribution in [3.63, 3.8) is 0 Å². The minimum Gasteiger partial charge on any atom is -0.376 e. The first-order chi connectivity index (χ1) is 11.1. The number of anilines is 1. The molecule has 0 bridgehead atoms. The Labute approximate surface area is 133 Å². The highest BCUT2D eigenvalue weighted by atomic mass is 16.5. The second-order valence-corrected chi connectivity index (χ2v) is 5.81. The second kappa shape index (κ2) is 6.55. The largest absolute Gasteiger partial charge is 0.376 e. The summed E-state index contributed by atoms with van der Waals surface area (Å²) in [5, 5.41) is 18.5. The lowest BCUT2D eigenvalue weighted by Gasteiger charge is -2.08. The summed E-state index contributed by atoms with van der Waals surface area (Å²) in [5.41, 5.74) is 2.94. The number of rotatable bonds is 6. The minimum absolute atomic E-state index is 0.475. The van der Waals surface area contributed by atoms with E-state index in [1.165, 1.54) is 0 Å². The van der Waals surface area contributed by atoms with Gasteiger partial charge in [-0.2, -0.15) is 4.98 Å². The van der Waals surface area contributed by atoms with E-state index in [9.17, 15) is 0 Å². The van der Waals surface area contributed by atoms with Gasteiger partial charge in [-0.25, -0.2) is 4.68 Å². The van der Waals surface area contributed by atoms with Gasteiger partial charge in [-0.15, -0.1) is 5.10 Å². The molecule has 0 aliphatic carbocycles. The lowest BCUT2D eigenvalue weighted by Crippen LogP contribution is -2.03. The molecule has 1 N–H and O–H groups in total. The van der Waals surface area contributed by atoms with Gasteiger partial charge in [0.05, 0.1) is 12.2 Å². The lowest BCUT2D eigenvalue weighted by molar-refractivity contribution is 0.375. The minimum atomic E-state index is 0.475. The van der Waals surface area contributed by atoms with Gasteiger partial charge in [-0.3, -0.25) is 0 Å². The summed E-state index contributed by atoms with van der Waals surface area (Å²) in [6, 6.07) is 5.99. The molecular formula is C15H19N7O. The highest BCUT2D eigenvalue weighted by Crippen LogP contribution is 2.18. The molecule has 0 saturated carbocycles. The van der Waals surface area contributed by atoms with Gasteiger partial charge in [0.2, 0.25) is 5.89 Å². The molecule has 0 spiro atoms. The molecule has 1 aromatic carbocycles. The van der Waals surface area contributed by atoms with Crippen LogP contribution in [0.5, 0.6) is 0 Å². The van der Waals surface area contributed by atoms with Crippen LogP contribution in [0.3, 0.4) is 0 Å². The average Bonchev–Trinajstić information content (AvgIpc) is 3.17. The van der Waals surface area contributed by atoms with Gasteiger partial charge >= 0.3 is 0 Å². The molecular weight excluding hydrogens is 294 g/mol. The molecule has 0 fully saturated rings. The maximum Gasteiger partial charge on any atom is 0.245 e. The molecule has 0 unspecified atom stereocenters. The molecule has 23 heavy (non-hydrogen) atoms. The average molecular weight is 313 g/mol. The zero-order valence-corrected chi connectivity index (χ0v) is 13.4. The Morgan fingerprint density at radius 2 is 2.17 bits per heavy atom. The molecule has 3 rings (SSSR count). The van der Waals surface area contributed by atoms with Crippen LogP contribution in [0.1, 0.15) is 31.1 Å². The predicted octanol–water partition coefficient (Wildman–Crippen LogP) is 2.16. The van der Waals surface area contributed by atoms with E-state index in [0.717, 1.165) is 29.2 Å². The SMILES string of the molecule is Cc1ccc(NCc2nc(CC(C)C)no2)cc1-n1cnnn1. The maximum atomic E-state index is 5.25. The fourth-order valence-corrected chi connectivity index (χ4v) is 2.23. The number of nitrogens with one attached hydrogen (secondary N) is 1. The van der Waals surface area contributed by atoms with Gasteiger partial charge in [0, 0.05) is 12.1 Å². The van der Waals surface area contributed by atoms with Gasteiger partial charge in [-0.05, 0) is 41.0 Å². The first-order valence-corrected chi connectivity index (χ1v) is 7.51. The third-order valence-corrected chi connectivity index (χ3v) is 3.35. The number of aromatic nitrogens is 6. The summed E-state index contributed by atoms with van der Waals surface area (Å²) in [4.78, 5) is 4.38. The van der Waals surface area contributed by atoms with E-state index in [0.29, 0.717) is 18.4 Å². The fraction of sp³-hybridized carbons (Fsp3) is 0.400. The number of hydrogen-bond donors (Lipinski definition) is 1. The molecule has 8 nitrogen and oxygen atoms in total. The zero-order valence-electron chi connectivity index (χ0n) is 13.4. The molecule has 2 heterocycles. The lowest BCUT2D eigenvalue weighted by atomic mass is 10.1. The summed E-state index contributed by atoms with van der Waals surface area (Å²) in [6.45, 7) is 6.74. The Morgan fingerprint density at radius 1 is 1.30 bits per heavy atom. The first kappa shape index (κ1) is 15.1. The summed E-state index contributed by atoms with van der Waals surface area (Å²) in [5.74, 6) is 1.82. The van der Waals surface area contributed by atoms with Crippen LogP contribution in [0.25, 0.3) is 5.69 Å². The van der Waals surface area contributed by atoms with Gasteiger partial charge in [-0.1, -0.05) is 25.1 Å². The Bertz CT molecular complexity index is 764. The van der Waals surface area contributed by atoms with Crippen molar-refractivity contribution in [2.45, 2.75) is 33.7 Å². The smallest absolute Gasteiger partial charge is 0.245 e. The van der Waals surface area contributed by atoms with Crippen molar-refractivity contribution in [1.29, 1.82) is 0 Å². The normalized spacial score (nSPS) is 11.1. The summed E-state index contributed by atoms with van der Waals surface area (Å²) >= 11 is 0. The summed E-state index contributed by atoms with van der Waals surface area (Å²) in [7, 11) is 0. The third kappa shape index (κ3) is 3.71. The van der Waals surface area contributed by atoms with Crippen molar-refractivity contribution in [3.05, 3.63) is 41.8 Å². The Balaban J connectivity index is 1.69. The number of nitrogens with zero attached hydrogens (tertiary/aromatic N) is 6. The topological polar surface area (TPSA) is 94.6 Å². The predicted molar refractivity (Wildman–Crippen MR) is 84.1 cm³/mol. The molecule has 0 saturated heterocycles. The monoisotopic (exact) mass is 313 g/mol. The van der Waals surface area contributed by atoms with Crippen molar-refractivity contribution < 1.29 is 4.52 Å². The molecule has 0 radical (unpaired) electrons. The van der Waals surface area contributed by atoms with Crippen molar-refractivity contribution in [2.75, 3.05) is 5.32 Å². The van der Waals surface area contributed by atoms with E-state index in [4.69, 9.17) is 4.52 Å². The third-order valence-electron chi connectivity index (χ3n) is 3.35. The highest BCUT2D eigenvalue weighted by molar-refractivity contribution is 5.54. The van der Waals surface area contributed by atoms with E-state index < -0.39 is 0 Å². The number of aryl methyl sites for hydroxylation is 1. The van der Waals surface area contributed by atoms with Crippen LogP contribution in [-0.2, 0) is 13.0 Å². The summed E-state index contributed by atoms with van der Waals surface area (Å²) in [6.07, 6.45) is 2.39. The van der Waals surface area contributed by atoms with Gasteiger partial charge in [0.1, 0.15) is 6.33 Å². The molecule has 0 aliphatic heterocycles. The van der Waals surface area contributed by atoms with Gasteiger partial charge < -0.3 is 9.84 Å². The maximum absolute atomic E-state index is 5.25. The van der Waals surface area contributed by atoms with Crippen molar-refractivity contribution in [2.24, 2.45) is 5.92 Å². The van der Waals surface area contributed by atoms with E-state index in [-0.39, 0.29) is 0 Å². The van der Waals surface area contributed by atoms with E-state index >= 15 is 0 Å². The number of benzene rings is 1.